The summed E-state index contributed by atoms with van der Waals surface area (Å²) < 4.78 is 7.50. The minimum atomic E-state index is 0.387. The zero-order valence-electron chi connectivity index (χ0n) is 10.1. The van der Waals surface area contributed by atoms with Crippen molar-refractivity contribution in [1.29, 1.82) is 0 Å². The SMILES string of the molecule is CCn1nccc1CNC1CCCC1OC. The van der Waals surface area contributed by atoms with Crippen molar-refractivity contribution >= 4 is 0 Å². The topological polar surface area (TPSA) is 39.1 Å². The minimum absolute atomic E-state index is 0.387. The summed E-state index contributed by atoms with van der Waals surface area (Å²) in [7, 11) is 1.81. The summed E-state index contributed by atoms with van der Waals surface area (Å²) in [5, 5.41) is 7.84. The zero-order chi connectivity index (χ0) is 11.4. The number of hydrogen-bond acceptors (Lipinski definition) is 3. The molecule has 16 heavy (non-hydrogen) atoms. The van der Waals surface area contributed by atoms with Crippen LogP contribution in [0, 0.1) is 0 Å². The highest BCUT2D eigenvalue weighted by molar-refractivity contribution is 5.01. The molecule has 1 aromatic rings. The van der Waals surface area contributed by atoms with E-state index in [1.807, 2.05) is 10.9 Å². The molecule has 1 aliphatic carbocycles. The highest BCUT2D eigenvalue weighted by Crippen LogP contribution is 2.21. The van der Waals surface area contributed by atoms with Gasteiger partial charge >= 0.3 is 0 Å². The normalized spacial score (nSPS) is 25.1. The van der Waals surface area contributed by atoms with Crippen LogP contribution in [0.5, 0.6) is 0 Å². The first-order valence-electron chi connectivity index (χ1n) is 6.12. The fourth-order valence-corrected chi connectivity index (χ4v) is 2.47. The fraction of sp³-hybridized carbons (Fsp3) is 0.750. The van der Waals surface area contributed by atoms with E-state index in [1.165, 1.54) is 25.0 Å². The van der Waals surface area contributed by atoms with Crippen molar-refractivity contribution in [2.45, 2.75) is 51.4 Å². The average molecular weight is 223 g/mol. The summed E-state index contributed by atoms with van der Waals surface area (Å²) in [6, 6.07) is 2.58. The largest absolute Gasteiger partial charge is 0.380 e. The molecule has 0 spiro atoms. The van der Waals surface area contributed by atoms with Crippen molar-refractivity contribution in [3.8, 4) is 0 Å². The van der Waals surface area contributed by atoms with E-state index in [9.17, 15) is 0 Å². The van der Waals surface area contributed by atoms with Crippen LogP contribution in [0.4, 0.5) is 0 Å². The molecule has 1 N–H and O–H groups in total. The minimum Gasteiger partial charge on any atom is -0.380 e. The third-order valence-corrected chi connectivity index (χ3v) is 3.40. The Balaban J connectivity index is 1.87. The van der Waals surface area contributed by atoms with Gasteiger partial charge < -0.3 is 10.1 Å². The first kappa shape index (κ1) is 11.6. The molecule has 1 saturated carbocycles. The van der Waals surface area contributed by atoms with Crippen LogP contribution in [-0.4, -0.2) is 29.0 Å². The van der Waals surface area contributed by atoms with Crippen LogP contribution in [0.25, 0.3) is 0 Å². The summed E-state index contributed by atoms with van der Waals surface area (Å²) in [5.74, 6) is 0. The molecule has 0 aromatic carbocycles. The van der Waals surface area contributed by atoms with Crippen LogP contribution in [-0.2, 0) is 17.8 Å². The van der Waals surface area contributed by atoms with Gasteiger partial charge in [0.25, 0.3) is 0 Å². The molecule has 90 valence electrons. The zero-order valence-corrected chi connectivity index (χ0v) is 10.1. The van der Waals surface area contributed by atoms with E-state index >= 15 is 0 Å². The lowest BCUT2D eigenvalue weighted by Gasteiger charge is -2.19. The first-order valence-corrected chi connectivity index (χ1v) is 6.12. The van der Waals surface area contributed by atoms with E-state index in [1.54, 1.807) is 7.11 Å². The smallest absolute Gasteiger partial charge is 0.0724 e. The quantitative estimate of drug-likeness (QED) is 0.823. The summed E-state index contributed by atoms with van der Waals surface area (Å²) in [4.78, 5) is 0. The van der Waals surface area contributed by atoms with Gasteiger partial charge in [-0.2, -0.15) is 5.10 Å². The molecule has 4 nitrogen and oxygen atoms in total. The van der Waals surface area contributed by atoms with Gasteiger partial charge in [0.05, 0.1) is 11.8 Å². The van der Waals surface area contributed by atoms with Gasteiger partial charge in [-0.15, -0.1) is 0 Å². The van der Waals surface area contributed by atoms with E-state index in [0.717, 1.165) is 13.1 Å². The van der Waals surface area contributed by atoms with Crippen molar-refractivity contribution < 1.29 is 4.74 Å². The number of methoxy groups -OCH3 is 1. The monoisotopic (exact) mass is 223 g/mol. The molecule has 4 heteroatoms. The molecule has 2 unspecified atom stereocenters. The molecule has 1 heterocycles. The Morgan fingerprint density at radius 2 is 2.44 bits per heavy atom. The van der Waals surface area contributed by atoms with Crippen molar-refractivity contribution in [2.24, 2.45) is 0 Å². The molecular formula is C12H21N3O. The Bertz CT molecular complexity index is 324. The van der Waals surface area contributed by atoms with E-state index < -0.39 is 0 Å². The van der Waals surface area contributed by atoms with Gasteiger partial charge in [0.1, 0.15) is 0 Å². The van der Waals surface area contributed by atoms with Crippen molar-refractivity contribution in [1.82, 2.24) is 15.1 Å². The second kappa shape index (κ2) is 5.46. The Hall–Kier alpha value is -0.870. The molecule has 2 rings (SSSR count). The van der Waals surface area contributed by atoms with Crippen LogP contribution in [0.1, 0.15) is 31.9 Å². The van der Waals surface area contributed by atoms with Crippen molar-refractivity contribution in [2.75, 3.05) is 7.11 Å². The lowest BCUT2D eigenvalue weighted by atomic mass is 10.2. The molecule has 0 radical (unpaired) electrons. The molecule has 0 saturated heterocycles. The number of hydrogen-bond donors (Lipinski definition) is 1. The maximum absolute atomic E-state index is 5.47. The van der Waals surface area contributed by atoms with E-state index in [0.29, 0.717) is 12.1 Å². The lowest BCUT2D eigenvalue weighted by Crippen LogP contribution is -2.36. The predicted molar refractivity (Wildman–Crippen MR) is 63.2 cm³/mol. The van der Waals surface area contributed by atoms with Crippen molar-refractivity contribution in [3.63, 3.8) is 0 Å². The number of ether oxygens (including phenoxy) is 1. The molecule has 0 amide bonds. The summed E-state index contributed by atoms with van der Waals surface area (Å²) >= 11 is 0. The molecular weight excluding hydrogens is 202 g/mol. The first-order chi connectivity index (χ1) is 7.85. The number of aromatic nitrogens is 2. The predicted octanol–water partition coefficient (Wildman–Crippen LogP) is 1.56. The Kier molecular flexibility index (Phi) is 3.96. The van der Waals surface area contributed by atoms with Crippen LogP contribution < -0.4 is 5.32 Å². The van der Waals surface area contributed by atoms with Gasteiger partial charge in [-0.25, -0.2) is 0 Å². The number of aryl methyl sites for hydroxylation is 1. The Labute approximate surface area is 97.0 Å². The second-order valence-corrected chi connectivity index (χ2v) is 4.33. The van der Waals surface area contributed by atoms with E-state index in [4.69, 9.17) is 4.74 Å². The number of nitrogens with zero attached hydrogens (tertiary/aromatic N) is 2. The molecule has 1 aliphatic rings. The van der Waals surface area contributed by atoms with Crippen LogP contribution in [0.15, 0.2) is 12.3 Å². The Morgan fingerprint density at radius 1 is 1.56 bits per heavy atom. The third-order valence-electron chi connectivity index (χ3n) is 3.40. The number of rotatable bonds is 5. The maximum atomic E-state index is 5.47. The van der Waals surface area contributed by atoms with Crippen LogP contribution in [0.2, 0.25) is 0 Å². The lowest BCUT2D eigenvalue weighted by molar-refractivity contribution is 0.0845. The van der Waals surface area contributed by atoms with E-state index in [-0.39, 0.29) is 0 Å². The second-order valence-electron chi connectivity index (χ2n) is 4.33. The molecule has 0 aliphatic heterocycles. The third kappa shape index (κ3) is 2.44. The van der Waals surface area contributed by atoms with Crippen molar-refractivity contribution in [3.05, 3.63) is 18.0 Å². The van der Waals surface area contributed by atoms with Gasteiger partial charge in [0.2, 0.25) is 0 Å². The molecule has 0 bridgehead atoms. The molecule has 1 fully saturated rings. The number of nitrogens with one attached hydrogen (secondary N) is 1. The van der Waals surface area contributed by atoms with Gasteiger partial charge in [0, 0.05) is 32.4 Å². The van der Waals surface area contributed by atoms with E-state index in [2.05, 4.69) is 23.4 Å². The average Bonchev–Trinajstić information content (AvgIpc) is 2.94. The summed E-state index contributed by atoms with van der Waals surface area (Å²) in [6.07, 6.45) is 5.92. The van der Waals surface area contributed by atoms with Gasteiger partial charge in [0.15, 0.2) is 0 Å². The van der Waals surface area contributed by atoms with Gasteiger partial charge in [-0.3, -0.25) is 4.68 Å². The highest BCUT2D eigenvalue weighted by Gasteiger charge is 2.26. The van der Waals surface area contributed by atoms with Gasteiger partial charge in [-0.05, 0) is 32.3 Å². The summed E-state index contributed by atoms with van der Waals surface area (Å²) in [6.45, 7) is 3.94. The summed E-state index contributed by atoms with van der Waals surface area (Å²) in [5.41, 5.74) is 1.25. The Morgan fingerprint density at radius 3 is 3.19 bits per heavy atom. The van der Waals surface area contributed by atoms with Gasteiger partial charge in [-0.1, -0.05) is 0 Å². The molecule has 2 atom stereocenters. The molecule has 1 aromatic heterocycles. The fourth-order valence-electron chi connectivity index (χ4n) is 2.47. The standard InChI is InChI=1S/C12H21N3O/c1-3-15-10(7-8-14-15)9-13-11-5-4-6-12(11)16-2/h7-8,11-13H,3-6,9H2,1-2H3. The maximum Gasteiger partial charge on any atom is 0.0724 e. The van der Waals surface area contributed by atoms with Crippen LogP contribution in [0.3, 0.4) is 0 Å². The highest BCUT2D eigenvalue weighted by atomic mass is 16.5. The van der Waals surface area contributed by atoms with Crippen LogP contribution >= 0.6 is 0 Å².